The van der Waals surface area contributed by atoms with E-state index in [1.54, 1.807) is 36.4 Å². The first-order chi connectivity index (χ1) is 18.1. The topological polar surface area (TPSA) is 110 Å². The molecule has 3 aromatic rings. The van der Waals surface area contributed by atoms with Gasteiger partial charge in [-0.15, -0.1) is 5.10 Å². The number of amides is 2. The minimum atomic E-state index is -2.65. The molecule has 5 rings (SSSR count). The van der Waals surface area contributed by atoms with Gasteiger partial charge in [-0.1, -0.05) is 36.4 Å². The molecule has 2 aromatic heterocycles. The molecule has 9 nitrogen and oxygen atoms in total. The van der Waals surface area contributed by atoms with E-state index in [-0.39, 0.29) is 37.6 Å². The Bertz CT molecular complexity index is 1370. The van der Waals surface area contributed by atoms with Crippen molar-refractivity contribution in [1.29, 1.82) is 0 Å². The zero-order valence-electron chi connectivity index (χ0n) is 20.5. The fraction of sp³-hybridized carbons (Fsp3) is 0.423. The number of likely N-dealkylation sites (tertiary alicyclic amines) is 1. The molecule has 0 radical (unpaired) electrons. The molecule has 38 heavy (non-hydrogen) atoms. The van der Waals surface area contributed by atoms with E-state index in [1.807, 2.05) is 6.07 Å². The lowest BCUT2D eigenvalue weighted by molar-refractivity contribution is -0.139. The maximum atomic E-state index is 14.4. The van der Waals surface area contributed by atoms with Crippen molar-refractivity contribution in [3.05, 3.63) is 81.9 Å². The number of nitrogens with zero attached hydrogens (tertiary/aromatic N) is 4. The summed E-state index contributed by atoms with van der Waals surface area (Å²) >= 11 is 0. The molecule has 0 spiro atoms. The van der Waals surface area contributed by atoms with Crippen LogP contribution in [0.1, 0.15) is 53.9 Å². The second kappa shape index (κ2) is 10.1. The summed E-state index contributed by atoms with van der Waals surface area (Å²) < 4.78 is 46.7. The number of carbonyl (C=O) groups is 2. The van der Waals surface area contributed by atoms with Crippen LogP contribution in [0.4, 0.5) is 13.2 Å². The zero-order chi connectivity index (χ0) is 27.0. The van der Waals surface area contributed by atoms with Gasteiger partial charge >= 0.3 is 5.76 Å². The number of aromatic nitrogens is 3. The number of benzene rings is 1. The summed E-state index contributed by atoms with van der Waals surface area (Å²) in [6.07, 6.45) is -0.517. The number of alkyl halides is 3. The lowest BCUT2D eigenvalue weighted by atomic mass is 9.77. The fourth-order valence-corrected chi connectivity index (χ4v) is 4.98. The lowest BCUT2D eigenvalue weighted by Crippen LogP contribution is -2.48. The predicted octanol–water partition coefficient (Wildman–Crippen LogP) is 2.90. The summed E-state index contributed by atoms with van der Waals surface area (Å²) in [7, 11) is 0. The minimum absolute atomic E-state index is 0.0807. The van der Waals surface area contributed by atoms with Crippen LogP contribution in [0, 0.1) is 6.92 Å². The third kappa shape index (κ3) is 5.34. The Morgan fingerprint density at radius 1 is 1.18 bits per heavy atom. The summed E-state index contributed by atoms with van der Waals surface area (Å²) in [6.45, 7) is 0.674. The second-order valence-electron chi connectivity index (χ2n) is 9.77. The van der Waals surface area contributed by atoms with Crippen LogP contribution < -0.4 is 11.1 Å². The van der Waals surface area contributed by atoms with Crippen molar-refractivity contribution in [1.82, 2.24) is 25.0 Å². The Labute approximate surface area is 215 Å². The highest BCUT2D eigenvalue weighted by Crippen LogP contribution is 2.48. The van der Waals surface area contributed by atoms with Gasteiger partial charge in [0.15, 0.2) is 0 Å². The van der Waals surface area contributed by atoms with Gasteiger partial charge in [-0.2, -0.15) is 4.68 Å². The highest BCUT2D eigenvalue weighted by atomic mass is 19.3. The molecule has 3 heterocycles. The van der Waals surface area contributed by atoms with Crippen molar-refractivity contribution in [2.75, 3.05) is 6.54 Å². The van der Waals surface area contributed by atoms with Gasteiger partial charge in [-0.05, 0) is 23.1 Å². The van der Waals surface area contributed by atoms with Gasteiger partial charge in [0.2, 0.25) is 23.6 Å². The van der Waals surface area contributed by atoms with Crippen LogP contribution in [0.5, 0.6) is 0 Å². The van der Waals surface area contributed by atoms with E-state index in [1.165, 1.54) is 13.1 Å². The molecule has 1 aliphatic heterocycles. The van der Waals surface area contributed by atoms with Crippen LogP contribution >= 0.6 is 0 Å². The molecule has 200 valence electrons. The second-order valence-corrected chi connectivity index (χ2v) is 9.77. The smallest absolute Gasteiger partial charge is 0.393 e. The molecule has 3 atom stereocenters. The fourth-order valence-electron chi connectivity index (χ4n) is 4.98. The van der Waals surface area contributed by atoms with E-state index < -0.39 is 48.3 Å². The average molecular weight is 530 g/mol. The number of nitrogens with one attached hydrogen (secondary N) is 1. The highest BCUT2D eigenvalue weighted by Gasteiger charge is 2.46. The maximum absolute atomic E-state index is 14.4. The first kappa shape index (κ1) is 25.7. The third-order valence-electron chi connectivity index (χ3n) is 6.95. The van der Waals surface area contributed by atoms with Crippen molar-refractivity contribution < 1.29 is 27.2 Å². The van der Waals surface area contributed by atoms with E-state index >= 15 is 0 Å². The van der Waals surface area contributed by atoms with Crippen LogP contribution in [-0.4, -0.2) is 56.2 Å². The molecule has 12 heteroatoms. The minimum Gasteiger partial charge on any atom is -0.393 e. The van der Waals surface area contributed by atoms with Crippen LogP contribution in [0.15, 0.2) is 57.9 Å². The van der Waals surface area contributed by atoms with Crippen LogP contribution in [0.2, 0.25) is 0 Å². The molecule has 1 aliphatic carbocycles. The van der Waals surface area contributed by atoms with E-state index in [0.29, 0.717) is 16.8 Å². The predicted molar refractivity (Wildman–Crippen MR) is 128 cm³/mol. The molecule has 1 N–H and O–H groups in total. The van der Waals surface area contributed by atoms with Crippen molar-refractivity contribution in [3.8, 4) is 0 Å². The standard InChI is InChI=1S/C26H26F3N5O4/c1-15-32-34(25(37)38-15)14-22(35)33-13-19(27)9-21(33)24(36)31-23(16-5-3-2-4-6-16)20-8-7-17(12-30-20)18-10-26(28,29)11-18/h2-8,12,18-19,21,23H,9-11,13-14H2,1H3,(H,31,36)/t19-,21+,23+/m1/s1. The maximum Gasteiger partial charge on any atom is 0.437 e. The summed E-state index contributed by atoms with van der Waals surface area (Å²) in [5.41, 5.74) is 1.87. The molecule has 0 unspecified atom stereocenters. The largest absolute Gasteiger partial charge is 0.437 e. The average Bonchev–Trinajstić information content (AvgIpc) is 3.42. The molecule has 2 amide bonds. The van der Waals surface area contributed by atoms with Crippen molar-refractivity contribution in [2.45, 2.75) is 62.8 Å². The highest BCUT2D eigenvalue weighted by molar-refractivity contribution is 5.88. The first-order valence-electron chi connectivity index (χ1n) is 12.3. The van der Waals surface area contributed by atoms with E-state index in [0.717, 1.165) is 9.58 Å². The van der Waals surface area contributed by atoms with Crippen LogP contribution in [0.25, 0.3) is 0 Å². The Balaban J connectivity index is 1.35. The Morgan fingerprint density at radius 2 is 1.92 bits per heavy atom. The molecular weight excluding hydrogens is 503 g/mol. The van der Waals surface area contributed by atoms with Gasteiger partial charge in [0, 0.05) is 32.4 Å². The summed E-state index contributed by atoms with van der Waals surface area (Å²) in [5.74, 6) is -4.88. The third-order valence-corrected chi connectivity index (χ3v) is 6.95. The summed E-state index contributed by atoms with van der Waals surface area (Å²) in [4.78, 5) is 43.7. The monoisotopic (exact) mass is 529 g/mol. The normalized spacial score (nSPS) is 21.6. The van der Waals surface area contributed by atoms with E-state index in [4.69, 9.17) is 4.42 Å². The van der Waals surface area contributed by atoms with E-state index in [9.17, 15) is 27.6 Å². The zero-order valence-corrected chi connectivity index (χ0v) is 20.5. The van der Waals surface area contributed by atoms with Gasteiger partial charge in [-0.25, -0.2) is 18.0 Å². The molecular formula is C26H26F3N5O4. The van der Waals surface area contributed by atoms with Crippen molar-refractivity contribution >= 4 is 11.8 Å². The number of halogens is 3. The van der Waals surface area contributed by atoms with Gasteiger partial charge in [0.05, 0.1) is 18.3 Å². The van der Waals surface area contributed by atoms with Crippen LogP contribution in [0.3, 0.4) is 0 Å². The quantitative estimate of drug-likeness (QED) is 0.504. The molecule has 1 aromatic carbocycles. The Kier molecular flexibility index (Phi) is 6.80. The molecule has 1 saturated heterocycles. The molecule has 2 fully saturated rings. The lowest BCUT2D eigenvalue weighted by Gasteiger charge is -2.35. The molecule has 1 saturated carbocycles. The number of hydrogen-bond donors (Lipinski definition) is 1. The number of aryl methyl sites for hydroxylation is 1. The number of rotatable bonds is 7. The molecule has 2 aliphatic rings. The molecule has 0 bridgehead atoms. The summed E-state index contributed by atoms with van der Waals surface area (Å²) in [5, 5.41) is 6.70. The van der Waals surface area contributed by atoms with Gasteiger partial charge in [0.25, 0.3) is 0 Å². The number of carbonyl (C=O) groups excluding carboxylic acids is 2. The van der Waals surface area contributed by atoms with Crippen molar-refractivity contribution in [3.63, 3.8) is 0 Å². The van der Waals surface area contributed by atoms with Crippen molar-refractivity contribution in [2.24, 2.45) is 0 Å². The van der Waals surface area contributed by atoms with E-state index in [2.05, 4.69) is 15.4 Å². The number of pyridine rings is 1. The Morgan fingerprint density at radius 3 is 2.53 bits per heavy atom. The SMILES string of the molecule is Cc1nn(CC(=O)N2C[C@H](F)C[C@H]2C(=O)N[C@@H](c2ccccc2)c2ccc(C3CC(F)(F)C3)cn2)c(=O)o1. The summed E-state index contributed by atoms with van der Waals surface area (Å²) in [6, 6.07) is 10.6. The Hall–Kier alpha value is -3.96. The van der Waals surface area contributed by atoms with Gasteiger partial charge in [-0.3, -0.25) is 14.6 Å². The number of hydrogen-bond acceptors (Lipinski definition) is 6. The van der Waals surface area contributed by atoms with Crippen LogP contribution in [-0.2, 0) is 16.1 Å². The van der Waals surface area contributed by atoms with Gasteiger partial charge in [0.1, 0.15) is 18.8 Å². The first-order valence-corrected chi connectivity index (χ1v) is 12.3. The van der Waals surface area contributed by atoms with Gasteiger partial charge < -0.3 is 14.6 Å².